The minimum Gasteiger partial charge on any atom is -0.399 e. The zero-order valence-electron chi connectivity index (χ0n) is 12.6. The van der Waals surface area contributed by atoms with E-state index in [1.165, 1.54) is 6.20 Å². The zero-order valence-corrected chi connectivity index (χ0v) is 13.4. The molecule has 1 atom stereocenters. The highest BCUT2D eigenvalue weighted by Crippen LogP contribution is 2.30. The highest BCUT2D eigenvalue weighted by Gasteiger charge is 2.10. The molecule has 0 saturated heterocycles. The van der Waals surface area contributed by atoms with Crippen LogP contribution in [0.15, 0.2) is 48.7 Å². The van der Waals surface area contributed by atoms with Gasteiger partial charge in [0, 0.05) is 23.0 Å². The number of pyridine rings is 1. The third-order valence-electron chi connectivity index (χ3n) is 3.50. The fourth-order valence-electron chi connectivity index (χ4n) is 2.46. The number of nitrogens with two attached hydrogens (primary N) is 1. The molecule has 1 aromatic heterocycles. The van der Waals surface area contributed by atoms with Gasteiger partial charge in [-0.05, 0) is 35.9 Å². The van der Waals surface area contributed by atoms with Gasteiger partial charge >= 0.3 is 0 Å². The molecule has 0 saturated carbocycles. The van der Waals surface area contributed by atoms with E-state index in [1.807, 2.05) is 6.07 Å². The first-order chi connectivity index (χ1) is 11.6. The fourth-order valence-corrected chi connectivity index (χ4v) is 2.92. The predicted molar refractivity (Wildman–Crippen MR) is 95.1 cm³/mol. The molecule has 0 amide bonds. The van der Waals surface area contributed by atoms with Crippen LogP contribution in [-0.4, -0.2) is 13.7 Å². The third kappa shape index (κ3) is 3.35. The van der Waals surface area contributed by atoms with Gasteiger partial charge in [0.05, 0.1) is 22.5 Å². The Balaban J connectivity index is 2.08. The van der Waals surface area contributed by atoms with Crippen molar-refractivity contribution in [3.05, 3.63) is 59.8 Å². The smallest absolute Gasteiger partial charge is 0.157 e. The van der Waals surface area contributed by atoms with Crippen molar-refractivity contribution in [1.82, 2.24) is 4.98 Å². The Labute approximate surface area is 141 Å². The predicted octanol–water partition coefficient (Wildman–Crippen LogP) is 3.15. The number of aromatic nitrogens is 1. The lowest BCUT2D eigenvalue weighted by Crippen LogP contribution is -1.99. The number of nitrogens with zero attached hydrogens (tertiary/aromatic N) is 2. The van der Waals surface area contributed by atoms with Crippen molar-refractivity contribution < 1.29 is 8.76 Å². The molecule has 1 unspecified atom stereocenters. The maximum atomic E-state index is 11.0. The van der Waals surface area contributed by atoms with Crippen LogP contribution in [0.4, 0.5) is 17.1 Å². The molecule has 0 bridgehead atoms. The van der Waals surface area contributed by atoms with Gasteiger partial charge in [0.1, 0.15) is 6.07 Å². The summed E-state index contributed by atoms with van der Waals surface area (Å²) in [6, 6.07) is 14.6. The molecule has 6 nitrogen and oxygen atoms in total. The summed E-state index contributed by atoms with van der Waals surface area (Å²) in [5.74, 6) is 0.0463. The Morgan fingerprint density at radius 1 is 1.29 bits per heavy atom. The molecule has 3 rings (SSSR count). The minimum absolute atomic E-state index is 0.0463. The number of hydrogen-bond acceptors (Lipinski definition) is 5. The number of hydrogen-bond donors (Lipinski definition) is 3. The van der Waals surface area contributed by atoms with E-state index >= 15 is 0 Å². The SMILES string of the molecule is N#Cc1cnc2ccc(N)cc2c1Nc1cccc(CS(=O)O)c1. The van der Waals surface area contributed by atoms with Gasteiger partial charge in [0.15, 0.2) is 11.1 Å². The maximum absolute atomic E-state index is 11.0. The first kappa shape index (κ1) is 15.9. The summed E-state index contributed by atoms with van der Waals surface area (Å²) in [7, 11) is 0. The van der Waals surface area contributed by atoms with Gasteiger partial charge in [-0.25, -0.2) is 4.21 Å². The van der Waals surface area contributed by atoms with Crippen LogP contribution in [0.3, 0.4) is 0 Å². The van der Waals surface area contributed by atoms with E-state index in [0.29, 0.717) is 22.6 Å². The molecular weight excluding hydrogens is 324 g/mol. The lowest BCUT2D eigenvalue weighted by atomic mass is 10.1. The fraction of sp³-hybridized carbons (Fsp3) is 0.0588. The molecule has 1 heterocycles. The Kier molecular flexibility index (Phi) is 4.42. The minimum atomic E-state index is -1.91. The Morgan fingerprint density at radius 3 is 2.88 bits per heavy atom. The first-order valence-corrected chi connectivity index (χ1v) is 8.36. The number of rotatable bonds is 4. The van der Waals surface area contributed by atoms with Gasteiger partial charge < -0.3 is 15.6 Å². The van der Waals surface area contributed by atoms with Crippen LogP contribution >= 0.6 is 0 Å². The van der Waals surface area contributed by atoms with Gasteiger partial charge in [-0.3, -0.25) is 4.98 Å². The van der Waals surface area contributed by atoms with Crippen LogP contribution in [0.5, 0.6) is 0 Å². The second-order valence-electron chi connectivity index (χ2n) is 5.23. The average Bonchev–Trinajstić information content (AvgIpc) is 2.55. The van der Waals surface area contributed by atoms with Crippen molar-refractivity contribution in [3.63, 3.8) is 0 Å². The van der Waals surface area contributed by atoms with Crippen LogP contribution < -0.4 is 11.1 Å². The van der Waals surface area contributed by atoms with E-state index in [-0.39, 0.29) is 5.75 Å². The van der Waals surface area contributed by atoms with E-state index in [0.717, 1.165) is 16.5 Å². The van der Waals surface area contributed by atoms with Crippen molar-refractivity contribution >= 4 is 39.0 Å². The number of nitriles is 1. The summed E-state index contributed by atoms with van der Waals surface area (Å²) < 4.78 is 20.0. The van der Waals surface area contributed by atoms with Gasteiger partial charge in [-0.1, -0.05) is 12.1 Å². The summed E-state index contributed by atoms with van der Waals surface area (Å²) in [6.07, 6.45) is 1.51. The third-order valence-corrected chi connectivity index (χ3v) is 4.08. The standard InChI is InChI=1S/C17H14N4O2S/c18-8-12-9-20-16-5-4-13(19)7-15(16)17(12)21-14-3-1-2-11(6-14)10-24(22)23/h1-7,9H,10,19H2,(H,20,21)(H,22,23). The molecule has 0 spiro atoms. The number of benzene rings is 2. The van der Waals surface area contributed by atoms with Gasteiger partial charge in [-0.15, -0.1) is 0 Å². The molecular formula is C17H14N4O2S. The highest BCUT2D eigenvalue weighted by atomic mass is 32.2. The highest BCUT2D eigenvalue weighted by molar-refractivity contribution is 7.78. The van der Waals surface area contributed by atoms with E-state index < -0.39 is 11.1 Å². The second-order valence-corrected chi connectivity index (χ2v) is 6.16. The molecule has 0 fully saturated rings. The molecule has 4 N–H and O–H groups in total. The summed E-state index contributed by atoms with van der Waals surface area (Å²) in [5.41, 5.74) is 9.59. The molecule has 0 aliphatic carbocycles. The van der Waals surface area contributed by atoms with E-state index in [9.17, 15) is 9.47 Å². The Bertz CT molecular complexity index is 982. The van der Waals surface area contributed by atoms with Gasteiger partial charge in [0.2, 0.25) is 0 Å². The summed E-state index contributed by atoms with van der Waals surface area (Å²) in [4.78, 5) is 4.26. The van der Waals surface area contributed by atoms with E-state index in [2.05, 4.69) is 16.4 Å². The van der Waals surface area contributed by atoms with Crippen molar-refractivity contribution in [2.45, 2.75) is 5.75 Å². The number of anilines is 3. The summed E-state index contributed by atoms with van der Waals surface area (Å²) in [5, 5.41) is 13.3. The van der Waals surface area contributed by atoms with Crippen molar-refractivity contribution in [3.8, 4) is 6.07 Å². The van der Waals surface area contributed by atoms with Gasteiger partial charge in [-0.2, -0.15) is 5.26 Å². The molecule has 0 aliphatic rings. The van der Waals surface area contributed by atoms with Crippen LogP contribution in [0.2, 0.25) is 0 Å². The van der Waals surface area contributed by atoms with Crippen LogP contribution in [0, 0.1) is 11.3 Å². The molecule has 7 heteroatoms. The molecule has 0 aliphatic heterocycles. The number of nitrogens with one attached hydrogen (secondary N) is 1. The van der Waals surface area contributed by atoms with E-state index in [4.69, 9.17) is 10.3 Å². The van der Waals surface area contributed by atoms with Crippen molar-refractivity contribution in [2.24, 2.45) is 0 Å². The quantitative estimate of drug-likeness (QED) is 0.497. The van der Waals surface area contributed by atoms with E-state index in [1.54, 1.807) is 36.4 Å². The largest absolute Gasteiger partial charge is 0.399 e. The summed E-state index contributed by atoms with van der Waals surface area (Å²) >= 11 is -1.91. The van der Waals surface area contributed by atoms with Crippen LogP contribution in [0.25, 0.3) is 10.9 Å². The first-order valence-electron chi connectivity index (χ1n) is 7.08. The normalized spacial score (nSPS) is 11.8. The number of nitrogen functional groups attached to an aromatic ring is 1. The van der Waals surface area contributed by atoms with Crippen molar-refractivity contribution in [2.75, 3.05) is 11.1 Å². The Morgan fingerprint density at radius 2 is 2.12 bits per heavy atom. The molecule has 3 aromatic rings. The zero-order chi connectivity index (χ0) is 17.1. The summed E-state index contributed by atoms with van der Waals surface area (Å²) in [6.45, 7) is 0. The number of fused-ring (bicyclic) bond motifs is 1. The maximum Gasteiger partial charge on any atom is 0.157 e. The van der Waals surface area contributed by atoms with Crippen molar-refractivity contribution in [1.29, 1.82) is 5.26 Å². The van der Waals surface area contributed by atoms with Gasteiger partial charge in [0.25, 0.3) is 0 Å². The molecule has 120 valence electrons. The monoisotopic (exact) mass is 338 g/mol. The molecule has 2 aromatic carbocycles. The lowest BCUT2D eigenvalue weighted by molar-refractivity contribution is 0.563. The molecule has 0 radical (unpaired) electrons. The molecule has 24 heavy (non-hydrogen) atoms. The van der Waals surface area contributed by atoms with Crippen LogP contribution in [-0.2, 0) is 16.8 Å². The lowest BCUT2D eigenvalue weighted by Gasteiger charge is -2.12. The topological polar surface area (TPSA) is 112 Å². The van der Waals surface area contributed by atoms with Crippen LogP contribution in [0.1, 0.15) is 11.1 Å². The second kappa shape index (κ2) is 6.66. The Hall–Kier alpha value is -2.95. The average molecular weight is 338 g/mol.